The maximum Gasteiger partial charge on any atom is -1.00 e. The van der Waals surface area contributed by atoms with Gasteiger partial charge in [-0.05, 0) is 0 Å². The van der Waals surface area contributed by atoms with Gasteiger partial charge in [0.15, 0.2) is 0 Å². The van der Waals surface area contributed by atoms with Gasteiger partial charge in [0.25, 0.3) is 0 Å². The van der Waals surface area contributed by atoms with E-state index in [1.807, 2.05) is 0 Å². The van der Waals surface area contributed by atoms with Crippen LogP contribution in [0.25, 0.3) is 11.1 Å². The zero-order valence-electron chi connectivity index (χ0n) is 29.6. The number of allylic oxidation sites excluding steroid dienone is 4. The van der Waals surface area contributed by atoms with E-state index in [-0.39, 0.29) is 35.6 Å². The van der Waals surface area contributed by atoms with Crippen LogP contribution in [0, 0.1) is 0 Å². The number of rotatable bonds is 8. The van der Waals surface area contributed by atoms with Gasteiger partial charge in [0, 0.05) is 0 Å². The quantitative estimate of drug-likeness (QED) is 0.164. The van der Waals surface area contributed by atoms with Crippen molar-refractivity contribution < 1.29 is 46.1 Å². The molecule has 0 saturated heterocycles. The predicted octanol–water partition coefficient (Wildman–Crippen LogP) is 6.17. The molecule has 50 heavy (non-hydrogen) atoms. The van der Waals surface area contributed by atoms with Crippen LogP contribution in [0.3, 0.4) is 0 Å². The molecule has 6 rings (SSSR count). The first-order valence-electron chi connectivity index (χ1n) is 16.8. The van der Waals surface area contributed by atoms with Gasteiger partial charge < -0.3 is 24.8 Å². The SMILES string of the molecule is CC(C)(C)c1ccc2c(c1)Cc1c-2ccc(C(C)(C)C)[c]1[Zr+2]([C]1=CC=CC1)=[C](c1cc(CCl)cc(CCl)c1)c1cc(CCl)cc(CCl)c1.[Cl-].[Cl-]. The third-order valence-corrected chi connectivity index (χ3v) is 18.6. The fourth-order valence-corrected chi connectivity index (χ4v) is 16.8. The number of hydrogen-bond acceptors (Lipinski definition) is 0. The van der Waals surface area contributed by atoms with Crippen LogP contribution in [-0.4, -0.2) is 3.21 Å². The third kappa shape index (κ3) is 8.47. The average Bonchev–Trinajstić information content (AvgIpc) is 3.73. The van der Waals surface area contributed by atoms with Crippen molar-refractivity contribution in [3.05, 3.63) is 144 Å². The predicted molar refractivity (Wildman–Crippen MR) is 208 cm³/mol. The van der Waals surface area contributed by atoms with E-state index in [2.05, 4.69) is 127 Å². The molecule has 2 aliphatic rings. The molecule has 0 nitrogen and oxygen atoms in total. The fourth-order valence-electron chi connectivity index (χ4n) is 7.31. The average molecular weight is 865 g/mol. The Balaban J connectivity index is 0.00000281. The number of benzene rings is 4. The first-order chi connectivity index (χ1) is 22.9. The topological polar surface area (TPSA) is 0 Å². The Kier molecular flexibility index (Phi) is 14.1. The van der Waals surface area contributed by atoms with Gasteiger partial charge in [-0.15, -0.1) is 0 Å². The van der Waals surface area contributed by atoms with Gasteiger partial charge in [-0.3, -0.25) is 0 Å². The first kappa shape index (κ1) is 41.6. The molecule has 0 aromatic heterocycles. The Morgan fingerprint density at radius 1 is 0.640 bits per heavy atom. The van der Waals surface area contributed by atoms with Crippen molar-refractivity contribution in [2.75, 3.05) is 0 Å². The Morgan fingerprint density at radius 2 is 1.16 bits per heavy atom. The molecular weight excluding hydrogens is 820 g/mol. The van der Waals surface area contributed by atoms with E-state index in [0.717, 1.165) is 35.1 Å². The van der Waals surface area contributed by atoms with Crippen molar-refractivity contribution >= 4 is 52.9 Å². The number of alkyl halides is 4. The maximum atomic E-state index is 6.56. The molecule has 0 spiro atoms. The van der Waals surface area contributed by atoms with Crippen molar-refractivity contribution in [3.63, 3.8) is 0 Å². The standard InChI is InChI=1S/C21H25.C17H14Cl4.C5H5.2ClH.Zr/c1-20(2,3)16-7-9-18-14(12-16)11-15-13-17(21(4,5)6)8-10-19(15)18;18-8-14-2-12(3-15(6-14)9-19)1-13-4-16(10-20)7-17(5-13)11-21;1-2-4-5-3-1;;;/h7-10,12H,11H2,1-6H3;2-7H,8-11H2;1-3H,4H2;2*1H;/q;;;;;+2/p-2. The summed E-state index contributed by atoms with van der Waals surface area (Å²) in [5.41, 5.74) is 15.4. The second-order valence-electron chi connectivity index (χ2n) is 15.2. The molecule has 0 amide bonds. The van der Waals surface area contributed by atoms with Crippen molar-refractivity contribution in [2.24, 2.45) is 0 Å². The summed E-state index contributed by atoms with van der Waals surface area (Å²) in [6.07, 6.45) is 8.94. The van der Waals surface area contributed by atoms with Crippen molar-refractivity contribution in [2.45, 2.75) is 88.7 Å². The number of hydrogen-bond donors (Lipinski definition) is 0. The second-order valence-corrected chi connectivity index (χ2v) is 22.2. The monoisotopic (exact) mass is 860 g/mol. The molecule has 0 heterocycles. The van der Waals surface area contributed by atoms with E-state index in [1.165, 1.54) is 47.7 Å². The summed E-state index contributed by atoms with van der Waals surface area (Å²) in [4.78, 5) is 0. The second kappa shape index (κ2) is 16.9. The van der Waals surface area contributed by atoms with E-state index >= 15 is 0 Å². The van der Waals surface area contributed by atoms with E-state index < -0.39 is 21.3 Å². The molecule has 2 aliphatic carbocycles. The zero-order chi connectivity index (χ0) is 34.4. The molecule has 4 aromatic carbocycles. The zero-order valence-corrected chi connectivity index (χ0v) is 36.6. The number of halogens is 6. The molecule has 0 atom stereocenters. The van der Waals surface area contributed by atoms with Gasteiger partial charge in [0.2, 0.25) is 0 Å². The molecule has 0 fully saturated rings. The van der Waals surface area contributed by atoms with Crippen molar-refractivity contribution in [3.8, 4) is 11.1 Å². The minimum atomic E-state index is -3.04. The Labute approximate surface area is 339 Å². The summed E-state index contributed by atoms with van der Waals surface area (Å²) < 4.78 is 4.62. The van der Waals surface area contributed by atoms with Crippen molar-refractivity contribution in [1.82, 2.24) is 0 Å². The van der Waals surface area contributed by atoms with E-state index in [9.17, 15) is 0 Å². The van der Waals surface area contributed by atoms with Gasteiger partial charge in [-0.1, -0.05) is 0 Å². The summed E-state index contributed by atoms with van der Waals surface area (Å²) in [6.45, 7) is 14.0. The summed E-state index contributed by atoms with van der Waals surface area (Å²) >= 11 is 23.2. The molecule has 0 aliphatic heterocycles. The molecular formula is C43H44Cl6Zr. The Bertz CT molecular complexity index is 1890. The smallest absolute Gasteiger partial charge is 1.00 e. The van der Waals surface area contributed by atoms with Gasteiger partial charge in [-0.25, -0.2) is 0 Å². The molecule has 0 unspecified atom stereocenters. The van der Waals surface area contributed by atoms with Crippen LogP contribution >= 0.6 is 46.4 Å². The van der Waals surface area contributed by atoms with Crippen LogP contribution in [0.15, 0.2) is 88.2 Å². The van der Waals surface area contributed by atoms with Gasteiger partial charge in [0.05, 0.1) is 0 Å². The summed E-state index contributed by atoms with van der Waals surface area (Å²) in [6, 6.07) is 25.5. The molecule has 262 valence electrons. The van der Waals surface area contributed by atoms with Gasteiger partial charge in [-0.2, -0.15) is 0 Å². The normalized spacial score (nSPS) is 13.1. The molecule has 4 aromatic rings. The minimum Gasteiger partial charge on any atom is -1.00 e. The molecule has 0 N–H and O–H groups in total. The third-order valence-electron chi connectivity index (χ3n) is 9.64. The van der Waals surface area contributed by atoms with Crippen LogP contribution in [0.5, 0.6) is 0 Å². The molecule has 0 radical (unpaired) electrons. The molecule has 0 bridgehead atoms. The van der Waals surface area contributed by atoms with Gasteiger partial charge in [0.1, 0.15) is 0 Å². The summed E-state index contributed by atoms with van der Waals surface area (Å²) in [7, 11) is 0. The van der Waals surface area contributed by atoms with E-state index in [0.29, 0.717) is 23.5 Å². The van der Waals surface area contributed by atoms with Gasteiger partial charge >= 0.3 is 318 Å². The minimum absolute atomic E-state index is 0. The Hall–Kier alpha value is -1.15. The number of fused-ring (bicyclic) bond motifs is 3. The summed E-state index contributed by atoms with van der Waals surface area (Å²) in [5, 5.41) is 0. The fraction of sp³-hybridized carbons (Fsp3) is 0.326. The Morgan fingerprint density at radius 3 is 1.60 bits per heavy atom. The van der Waals surface area contributed by atoms with Crippen LogP contribution in [0.2, 0.25) is 0 Å². The first-order valence-corrected chi connectivity index (χ1v) is 22.6. The van der Waals surface area contributed by atoms with Crippen LogP contribution in [0.1, 0.15) is 104 Å². The van der Waals surface area contributed by atoms with E-state index in [1.54, 1.807) is 6.55 Å². The molecule has 0 saturated carbocycles. The van der Waals surface area contributed by atoms with Crippen LogP contribution < -0.4 is 28.1 Å². The maximum absolute atomic E-state index is 6.56. The van der Waals surface area contributed by atoms with E-state index in [4.69, 9.17) is 46.4 Å². The van der Waals surface area contributed by atoms with Crippen molar-refractivity contribution in [1.29, 1.82) is 0 Å². The largest absolute Gasteiger partial charge is 1.00 e. The van der Waals surface area contributed by atoms with Crippen LogP contribution in [-0.2, 0) is 62.0 Å². The summed E-state index contributed by atoms with van der Waals surface area (Å²) in [5.74, 6) is 1.73. The molecule has 7 heteroatoms. The van der Waals surface area contributed by atoms with Crippen LogP contribution in [0.4, 0.5) is 0 Å².